The third-order valence-electron chi connectivity index (χ3n) is 7.72. The Morgan fingerprint density at radius 3 is 2.20 bits per heavy atom. The monoisotopic (exact) mass is 655 g/mol. The Morgan fingerprint density at radius 2 is 1.61 bits per heavy atom. The Morgan fingerprint density at radius 1 is 1.00 bits per heavy atom. The van der Waals surface area contributed by atoms with Crippen LogP contribution in [0.5, 0.6) is 5.75 Å². The minimum Gasteiger partial charge on any atom is -0.484 e. The Kier molecular flexibility index (Phi) is 11.9. The number of carboxylic acids is 1. The van der Waals surface area contributed by atoms with Gasteiger partial charge in [-0.3, -0.25) is 19.2 Å². The van der Waals surface area contributed by atoms with Crippen LogP contribution in [0, 0.1) is 17.6 Å². The van der Waals surface area contributed by atoms with Crippen molar-refractivity contribution in [3.8, 4) is 5.75 Å². The number of carbonyl (C=O) groups is 4. The molecule has 1 saturated heterocycles. The molecule has 0 aromatic heterocycles. The summed E-state index contributed by atoms with van der Waals surface area (Å²) in [5.41, 5.74) is 7.40. The van der Waals surface area contributed by atoms with E-state index in [1.807, 2.05) is 0 Å². The Hall–Kier alpha value is -4.33. The minimum absolute atomic E-state index is 0.0738. The van der Waals surface area contributed by atoms with Gasteiger partial charge in [0.15, 0.2) is 12.4 Å². The fourth-order valence-electron chi connectivity index (χ4n) is 5.06. The molecule has 10 nitrogen and oxygen atoms in total. The second-order valence-electron chi connectivity index (χ2n) is 10.9. The second kappa shape index (κ2) is 15.8. The van der Waals surface area contributed by atoms with E-state index in [4.69, 9.17) is 15.6 Å². The number of anilines is 1. The molecule has 1 aliphatic rings. The summed E-state index contributed by atoms with van der Waals surface area (Å²) in [6.07, 6.45) is -0.595. The van der Waals surface area contributed by atoms with Crippen LogP contribution in [-0.4, -0.2) is 64.0 Å². The second-order valence-corrected chi connectivity index (χ2v) is 12.0. The van der Waals surface area contributed by atoms with Crippen LogP contribution >= 0.6 is 11.8 Å². The first kappa shape index (κ1) is 34.5. The number of ketones is 1. The number of benzene rings is 3. The van der Waals surface area contributed by atoms with Crippen LogP contribution in [0.2, 0.25) is 0 Å². The molecular formula is C33H35F2N3O7S. The van der Waals surface area contributed by atoms with E-state index in [-0.39, 0.29) is 37.0 Å². The van der Waals surface area contributed by atoms with Crippen molar-refractivity contribution >= 4 is 41.0 Å². The number of carbonyl (C=O) groups excluding carboxylic acids is 3. The smallest absolute Gasteiger partial charge is 0.320 e. The van der Waals surface area contributed by atoms with Crippen molar-refractivity contribution in [2.45, 2.75) is 43.2 Å². The SMILES string of the molecule is CCC(CC(=O)CNC(=O)COc1ccc([C@@H]2[C@@H](SC[C@@H](O)c3ccc(F)cc3)C(=O)N2c2ccc(F)cc2)cc1)[C@@H](N)C(=O)O. The molecule has 1 fully saturated rings. The van der Waals surface area contributed by atoms with E-state index in [1.54, 1.807) is 36.1 Å². The summed E-state index contributed by atoms with van der Waals surface area (Å²) in [6, 6.07) is 16.2. The molecule has 1 heterocycles. The topological polar surface area (TPSA) is 159 Å². The lowest BCUT2D eigenvalue weighted by molar-refractivity contribution is -0.140. The normalized spacial score (nSPS) is 17.8. The number of thioether (sulfide) groups is 1. The average molecular weight is 656 g/mol. The molecule has 0 saturated carbocycles. The molecule has 2 amide bonds. The highest BCUT2D eigenvalue weighted by atomic mass is 32.2. The number of aliphatic carboxylic acids is 1. The van der Waals surface area contributed by atoms with Crippen LogP contribution in [0.15, 0.2) is 72.8 Å². The van der Waals surface area contributed by atoms with Gasteiger partial charge in [0.25, 0.3) is 5.91 Å². The molecule has 46 heavy (non-hydrogen) atoms. The van der Waals surface area contributed by atoms with E-state index in [0.29, 0.717) is 23.4 Å². The number of nitrogens with one attached hydrogen (secondary N) is 1. The first-order chi connectivity index (χ1) is 22.0. The number of hydrogen-bond donors (Lipinski definition) is 4. The minimum atomic E-state index is -1.19. The van der Waals surface area contributed by atoms with Gasteiger partial charge in [-0.05, 0) is 65.6 Å². The Balaban J connectivity index is 1.36. The maximum Gasteiger partial charge on any atom is 0.320 e. The van der Waals surface area contributed by atoms with Crippen molar-refractivity contribution in [2.24, 2.45) is 11.7 Å². The summed E-state index contributed by atoms with van der Waals surface area (Å²) in [5.74, 6) is -3.16. The van der Waals surface area contributed by atoms with Crippen LogP contribution in [0.3, 0.4) is 0 Å². The van der Waals surface area contributed by atoms with Crippen LogP contribution < -0.4 is 20.7 Å². The predicted molar refractivity (Wildman–Crippen MR) is 168 cm³/mol. The number of hydrogen-bond acceptors (Lipinski definition) is 8. The third kappa shape index (κ3) is 8.68. The first-order valence-electron chi connectivity index (χ1n) is 14.6. The molecule has 244 valence electrons. The lowest BCUT2D eigenvalue weighted by atomic mass is 9.92. The number of aliphatic hydroxyl groups is 1. The lowest BCUT2D eigenvalue weighted by Crippen LogP contribution is -2.57. The number of halogens is 2. The third-order valence-corrected chi connectivity index (χ3v) is 9.05. The number of β-lactam (4-membered cyclic amide) rings is 1. The quantitative estimate of drug-likeness (QED) is 0.169. The predicted octanol–water partition coefficient (Wildman–Crippen LogP) is 3.78. The molecular weight excluding hydrogens is 620 g/mol. The van der Waals surface area contributed by atoms with E-state index in [9.17, 15) is 33.1 Å². The van der Waals surface area contributed by atoms with Crippen molar-refractivity contribution in [3.05, 3.63) is 95.6 Å². The van der Waals surface area contributed by atoms with Gasteiger partial charge in [-0.1, -0.05) is 37.6 Å². The van der Waals surface area contributed by atoms with Crippen LogP contribution in [0.4, 0.5) is 14.5 Å². The molecule has 4 rings (SSSR count). The molecule has 0 radical (unpaired) electrons. The van der Waals surface area contributed by atoms with Crippen LogP contribution in [0.1, 0.15) is 43.0 Å². The summed E-state index contributed by atoms with van der Waals surface area (Å²) in [6.45, 7) is 1.08. The van der Waals surface area contributed by atoms with E-state index < -0.39 is 52.9 Å². The fourth-order valence-corrected chi connectivity index (χ4v) is 6.36. The van der Waals surface area contributed by atoms with Crippen molar-refractivity contribution < 1.29 is 42.9 Å². The number of aliphatic hydroxyl groups excluding tert-OH is 1. The average Bonchev–Trinajstić information content (AvgIpc) is 3.05. The zero-order valence-electron chi connectivity index (χ0n) is 25.0. The van der Waals surface area contributed by atoms with Crippen molar-refractivity contribution in [2.75, 3.05) is 23.8 Å². The summed E-state index contributed by atoms with van der Waals surface area (Å²) in [4.78, 5) is 50.4. The first-order valence-corrected chi connectivity index (χ1v) is 15.7. The largest absolute Gasteiger partial charge is 0.484 e. The number of rotatable bonds is 16. The van der Waals surface area contributed by atoms with E-state index in [1.165, 1.54) is 60.3 Å². The number of Topliss-reactive ketones (excluding diaryl/α,β-unsaturated/α-hetero) is 1. The molecule has 3 aromatic carbocycles. The number of amides is 2. The van der Waals surface area contributed by atoms with Gasteiger partial charge in [0.1, 0.15) is 28.7 Å². The molecule has 0 bridgehead atoms. The summed E-state index contributed by atoms with van der Waals surface area (Å²) < 4.78 is 32.5. The van der Waals surface area contributed by atoms with Gasteiger partial charge in [-0.15, -0.1) is 11.8 Å². The van der Waals surface area contributed by atoms with Crippen LogP contribution in [-0.2, 0) is 19.2 Å². The molecule has 3 aromatic rings. The number of nitrogens with two attached hydrogens (primary N) is 1. The molecule has 0 aliphatic carbocycles. The standard InChI is InChI=1S/C33H35F2N3O7S/c1-2-19(29(36)33(43)44)15-25(39)16-37-28(41)17-45-26-13-5-21(6-14-26)30-31(32(42)38(30)24-11-9-23(35)10-12-24)46-18-27(40)20-3-7-22(34)8-4-20/h3-14,19,27,29-31,40H,2,15-18,36H2,1H3,(H,37,41)(H,43,44)/t19?,27-,29-,30-,31-/m1/s1. The zero-order valence-corrected chi connectivity index (χ0v) is 25.8. The van der Waals surface area contributed by atoms with E-state index in [2.05, 4.69) is 5.32 Å². The summed E-state index contributed by atoms with van der Waals surface area (Å²) >= 11 is 1.26. The number of carboxylic acid groups (broad SMARTS) is 1. The van der Waals surface area contributed by atoms with Gasteiger partial charge >= 0.3 is 5.97 Å². The summed E-state index contributed by atoms with van der Waals surface area (Å²) in [5, 5.41) is 21.6. The van der Waals surface area contributed by atoms with Crippen molar-refractivity contribution in [3.63, 3.8) is 0 Å². The van der Waals surface area contributed by atoms with Gasteiger partial charge in [0.05, 0.1) is 18.7 Å². The number of nitrogens with zero attached hydrogens (tertiary/aromatic N) is 1. The Bertz CT molecular complexity index is 1520. The number of ether oxygens (including phenoxy) is 1. The van der Waals surface area contributed by atoms with Crippen LogP contribution in [0.25, 0.3) is 0 Å². The van der Waals surface area contributed by atoms with Crippen molar-refractivity contribution in [1.29, 1.82) is 0 Å². The lowest BCUT2D eigenvalue weighted by Gasteiger charge is -2.47. The zero-order chi connectivity index (χ0) is 33.4. The van der Waals surface area contributed by atoms with Gasteiger partial charge in [-0.25, -0.2) is 8.78 Å². The molecule has 13 heteroatoms. The van der Waals surface area contributed by atoms with Gasteiger partial charge in [0.2, 0.25) is 5.91 Å². The molecule has 5 atom stereocenters. The van der Waals surface area contributed by atoms with E-state index >= 15 is 0 Å². The summed E-state index contributed by atoms with van der Waals surface area (Å²) in [7, 11) is 0. The maximum atomic E-state index is 13.6. The van der Waals surface area contributed by atoms with Crippen molar-refractivity contribution in [1.82, 2.24) is 5.32 Å². The molecule has 1 aliphatic heterocycles. The molecule has 1 unspecified atom stereocenters. The van der Waals surface area contributed by atoms with E-state index in [0.717, 1.165) is 5.56 Å². The Labute approximate surface area is 268 Å². The highest BCUT2D eigenvalue weighted by Crippen LogP contribution is 2.46. The molecule has 0 spiro atoms. The highest BCUT2D eigenvalue weighted by molar-refractivity contribution is 8.00. The van der Waals surface area contributed by atoms with Gasteiger partial charge in [-0.2, -0.15) is 0 Å². The maximum absolute atomic E-state index is 13.6. The highest BCUT2D eigenvalue weighted by Gasteiger charge is 2.49. The fraction of sp³-hybridized carbons (Fsp3) is 0.333. The van der Waals surface area contributed by atoms with Gasteiger partial charge in [0, 0.05) is 17.9 Å². The van der Waals surface area contributed by atoms with Gasteiger partial charge < -0.3 is 30.9 Å². The molecule has 5 N–H and O–H groups in total.